The van der Waals surface area contributed by atoms with Gasteiger partial charge in [0.2, 0.25) is 0 Å². The van der Waals surface area contributed by atoms with Gasteiger partial charge in [-0.15, -0.1) is 5.92 Å². The molecule has 0 unspecified atom stereocenters. The van der Waals surface area contributed by atoms with E-state index in [0.717, 1.165) is 0 Å². The molecule has 0 bridgehead atoms. The number of hydrogen-bond donors (Lipinski definition) is 1. The topological polar surface area (TPSA) is 12.0 Å². The summed E-state index contributed by atoms with van der Waals surface area (Å²) in [7, 11) is 1.93. The lowest BCUT2D eigenvalue weighted by molar-refractivity contribution is 0.735. The van der Waals surface area contributed by atoms with Crippen LogP contribution in [0.15, 0.2) is 24.3 Å². The van der Waals surface area contributed by atoms with Crippen molar-refractivity contribution in [2.24, 2.45) is 0 Å². The van der Waals surface area contributed by atoms with Crippen molar-refractivity contribution < 1.29 is 0 Å². The van der Waals surface area contributed by atoms with E-state index in [4.69, 9.17) is 0 Å². The highest BCUT2D eigenvalue weighted by Gasteiger charge is 2.03. The molecule has 0 fully saturated rings. The minimum atomic E-state index is 0.158. The van der Waals surface area contributed by atoms with Crippen LogP contribution in [0.4, 0.5) is 0 Å². The molecule has 1 atom stereocenters. The van der Waals surface area contributed by atoms with Crippen molar-refractivity contribution in [1.82, 2.24) is 5.32 Å². The zero-order valence-corrected chi connectivity index (χ0v) is 8.39. The Hall–Kier alpha value is -1.26. The predicted octanol–water partition coefficient (Wildman–Crippen LogP) is 2.28. The number of nitrogens with one attached hydrogen (secondary N) is 1. The van der Waals surface area contributed by atoms with Crippen LogP contribution in [0.2, 0.25) is 0 Å². The van der Waals surface area contributed by atoms with Gasteiger partial charge < -0.3 is 5.32 Å². The van der Waals surface area contributed by atoms with Crippen LogP contribution in [-0.2, 0) is 0 Å². The van der Waals surface area contributed by atoms with E-state index in [2.05, 4.69) is 48.3 Å². The van der Waals surface area contributed by atoms with Crippen molar-refractivity contribution >= 4 is 0 Å². The predicted molar refractivity (Wildman–Crippen MR) is 56.4 cm³/mol. The molecule has 0 aliphatic heterocycles. The largest absolute Gasteiger partial charge is 0.303 e. The van der Waals surface area contributed by atoms with Crippen molar-refractivity contribution in [3.8, 4) is 11.8 Å². The molecule has 0 saturated heterocycles. The molecule has 1 rings (SSSR count). The first-order valence-electron chi connectivity index (χ1n) is 4.44. The highest BCUT2D eigenvalue weighted by atomic mass is 14.9. The quantitative estimate of drug-likeness (QED) is 0.676. The molecule has 0 radical (unpaired) electrons. The van der Waals surface area contributed by atoms with Crippen LogP contribution in [0.3, 0.4) is 0 Å². The molecule has 0 saturated carbocycles. The zero-order valence-electron chi connectivity index (χ0n) is 8.39. The minimum absolute atomic E-state index is 0.158. The van der Waals surface area contributed by atoms with Gasteiger partial charge in [-0.1, -0.05) is 35.7 Å². The van der Waals surface area contributed by atoms with E-state index in [9.17, 15) is 0 Å². The molecule has 0 heterocycles. The summed E-state index contributed by atoms with van der Waals surface area (Å²) in [5.74, 6) is 6.03. The maximum absolute atomic E-state index is 3.17. The summed E-state index contributed by atoms with van der Waals surface area (Å²) in [6.07, 6.45) is 0. The monoisotopic (exact) mass is 173 g/mol. The molecule has 0 spiro atoms. The van der Waals surface area contributed by atoms with Gasteiger partial charge >= 0.3 is 0 Å². The van der Waals surface area contributed by atoms with E-state index < -0.39 is 0 Å². The third kappa shape index (κ3) is 2.61. The second-order valence-corrected chi connectivity index (χ2v) is 3.03. The lowest BCUT2D eigenvalue weighted by Crippen LogP contribution is -2.14. The highest BCUT2D eigenvalue weighted by Crippen LogP contribution is 2.12. The van der Waals surface area contributed by atoms with Crippen LogP contribution >= 0.6 is 0 Å². The van der Waals surface area contributed by atoms with Crippen LogP contribution in [0, 0.1) is 18.8 Å². The van der Waals surface area contributed by atoms with Gasteiger partial charge in [-0.25, -0.2) is 0 Å². The average Bonchev–Trinajstić information content (AvgIpc) is 2.16. The van der Waals surface area contributed by atoms with Crippen LogP contribution in [0.1, 0.15) is 24.1 Å². The molecular weight excluding hydrogens is 158 g/mol. The molecular formula is C12H15N. The first kappa shape index (κ1) is 9.83. The van der Waals surface area contributed by atoms with Crippen molar-refractivity contribution in [3.63, 3.8) is 0 Å². The second-order valence-electron chi connectivity index (χ2n) is 3.03. The van der Waals surface area contributed by atoms with Crippen molar-refractivity contribution in [2.75, 3.05) is 7.05 Å². The maximum atomic E-state index is 3.17. The summed E-state index contributed by atoms with van der Waals surface area (Å²) >= 11 is 0. The van der Waals surface area contributed by atoms with E-state index in [0.29, 0.717) is 0 Å². The first-order chi connectivity index (χ1) is 6.27. The summed E-state index contributed by atoms with van der Waals surface area (Å²) < 4.78 is 0. The fourth-order valence-corrected chi connectivity index (χ4v) is 1.23. The van der Waals surface area contributed by atoms with Gasteiger partial charge in [0.15, 0.2) is 0 Å². The van der Waals surface area contributed by atoms with E-state index >= 15 is 0 Å². The number of aryl methyl sites for hydroxylation is 1. The van der Waals surface area contributed by atoms with Gasteiger partial charge in [0, 0.05) is 0 Å². The highest BCUT2D eigenvalue weighted by molar-refractivity contribution is 5.29. The summed E-state index contributed by atoms with van der Waals surface area (Å²) in [6, 6.07) is 8.60. The van der Waals surface area contributed by atoms with Gasteiger partial charge in [0.25, 0.3) is 0 Å². The molecule has 1 nitrogen and oxygen atoms in total. The molecule has 13 heavy (non-hydrogen) atoms. The van der Waals surface area contributed by atoms with Gasteiger partial charge in [-0.05, 0) is 26.5 Å². The molecule has 0 aliphatic rings. The molecule has 0 amide bonds. The molecule has 0 aliphatic carbocycles. The molecule has 68 valence electrons. The van der Waals surface area contributed by atoms with E-state index in [1.54, 1.807) is 0 Å². The Kier molecular flexibility index (Phi) is 3.54. The fourth-order valence-electron chi connectivity index (χ4n) is 1.23. The van der Waals surface area contributed by atoms with Crippen LogP contribution in [-0.4, -0.2) is 7.05 Å². The van der Waals surface area contributed by atoms with Crippen molar-refractivity contribution in [1.29, 1.82) is 0 Å². The van der Waals surface area contributed by atoms with Gasteiger partial charge in [0.05, 0.1) is 6.04 Å². The number of rotatable bonds is 2. The minimum Gasteiger partial charge on any atom is -0.303 e. The van der Waals surface area contributed by atoms with Gasteiger partial charge in [0.1, 0.15) is 0 Å². The normalized spacial score (nSPS) is 11.6. The van der Waals surface area contributed by atoms with E-state index in [1.165, 1.54) is 11.1 Å². The Morgan fingerprint density at radius 3 is 2.31 bits per heavy atom. The molecule has 1 N–H and O–H groups in total. The molecule has 1 aromatic rings. The average molecular weight is 173 g/mol. The zero-order chi connectivity index (χ0) is 9.68. The maximum Gasteiger partial charge on any atom is 0.0943 e. The lowest BCUT2D eigenvalue weighted by atomic mass is 10.1. The van der Waals surface area contributed by atoms with E-state index in [-0.39, 0.29) is 6.04 Å². The molecule has 1 aromatic carbocycles. The summed E-state index contributed by atoms with van der Waals surface area (Å²) in [6.45, 7) is 3.95. The van der Waals surface area contributed by atoms with Crippen LogP contribution in [0.5, 0.6) is 0 Å². The summed E-state index contributed by atoms with van der Waals surface area (Å²) in [5, 5.41) is 3.17. The Labute approximate surface area is 80.2 Å². The van der Waals surface area contributed by atoms with E-state index in [1.807, 2.05) is 14.0 Å². The van der Waals surface area contributed by atoms with Gasteiger partial charge in [-0.2, -0.15) is 0 Å². The van der Waals surface area contributed by atoms with Crippen molar-refractivity contribution in [2.45, 2.75) is 19.9 Å². The Bertz CT molecular complexity index is 313. The Morgan fingerprint density at radius 2 is 1.85 bits per heavy atom. The summed E-state index contributed by atoms with van der Waals surface area (Å²) in [4.78, 5) is 0. The van der Waals surface area contributed by atoms with Crippen LogP contribution < -0.4 is 5.32 Å². The Morgan fingerprint density at radius 1 is 1.23 bits per heavy atom. The number of hydrogen-bond acceptors (Lipinski definition) is 1. The SMILES string of the molecule is CC#C[C@@H](NC)c1ccc(C)cc1. The third-order valence-electron chi connectivity index (χ3n) is 1.99. The third-order valence-corrected chi connectivity index (χ3v) is 1.99. The summed E-state index contributed by atoms with van der Waals surface area (Å²) in [5.41, 5.74) is 2.51. The second kappa shape index (κ2) is 4.69. The lowest BCUT2D eigenvalue weighted by Gasteiger charge is -2.09. The van der Waals surface area contributed by atoms with Crippen LogP contribution in [0.25, 0.3) is 0 Å². The standard InChI is InChI=1S/C12H15N/c1-4-5-12(13-3)11-8-6-10(2)7-9-11/h6-9,12-13H,1-3H3/t12-/m1/s1. The fraction of sp³-hybridized carbons (Fsp3) is 0.333. The van der Waals surface area contributed by atoms with Gasteiger partial charge in [-0.3, -0.25) is 0 Å². The number of benzene rings is 1. The molecule has 0 aromatic heterocycles. The molecule has 1 heteroatoms. The Balaban J connectivity index is 2.90. The van der Waals surface area contributed by atoms with Crippen molar-refractivity contribution in [3.05, 3.63) is 35.4 Å². The first-order valence-corrected chi connectivity index (χ1v) is 4.44. The smallest absolute Gasteiger partial charge is 0.0943 e.